The van der Waals surface area contributed by atoms with Crippen LogP contribution in [0.4, 0.5) is 5.69 Å². The van der Waals surface area contributed by atoms with Crippen LogP contribution in [0.15, 0.2) is 48.5 Å². The number of nitro benzene ring substituents is 1. The van der Waals surface area contributed by atoms with Crippen molar-refractivity contribution in [1.29, 1.82) is 0 Å². The number of halogens is 1. The zero-order chi connectivity index (χ0) is 15.4. The number of nitrogens with one attached hydrogen (secondary N) is 1. The molecule has 0 aliphatic rings. The zero-order valence-electron chi connectivity index (χ0n) is 11.2. The second kappa shape index (κ2) is 6.66. The van der Waals surface area contributed by atoms with Crippen molar-refractivity contribution in [3.63, 3.8) is 0 Å². The molecule has 2 aromatic rings. The summed E-state index contributed by atoms with van der Waals surface area (Å²) in [5.41, 5.74) is 0.826. The molecule has 2 aromatic carbocycles. The van der Waals surface area contributed by atoms with Crippen LogP contribution in [0.3, 0.4) is 0 Å². The van der Waals surface area contributed by atoms with E-state index in [9.17, 15) is 14.9 Å². The van der Waals surface area contributed by atoms with Crippen LogP contribution in [0.5, 0.6) is 0 Å². The van der Waals surface area contributed by atoms with Crippen LogP contribution in [-0.4, -0.2) is 10.8 Å². The molecule has 0 bridgehead atoms. The number of nitrogens with zero attached hydrogens (tertiary/aromatic N) is 1. The summed E-state index contributed by atoms with van der Waals surface area (Å²) in [5, 5.41) is 13.7. The van der Waals surface area contributed by atoms with Crippen LogP contribution in [0, 0.1) is 13.7 Å². The van der Waals surface area contributed by atoms with E-state index in [0.29, 0.717) is 0 Å². The Morgan fingerprint density at radius 2 is 1.81 bits per heavy atom. The van der Waals surface area contributed by atoms with Crippen molar-refractivity contribution in [2.24, 2.45) is 0 Å². The Kier molecular flexibility index (Phi) is 4.89. The van der Waals surface area contributed by atoms with Gasteiger partial charge in [-0.05, 0) is 53.3 Å². The summed E-state index contributed by atoms with van der Waals surface area (Å²) in [4.78, 5) is 22.6. The Bertz CT molecular complexity index is 671. The molecule has 0 aliphatic heterocycles. The molecule has 108 valence electrons. The summed E-state index contributed by atoms with van der Waals surface area (Å²) in [5.74, 6) is -0.451. The Balaban J connectivity index is 2.18. The Morgan fingerprint density at radius 3 is 2.43 bits per heavy atom. The standard InChI is InChI=1S/C15H13IN2O3/c1-10(11-6-8-12(16)9-7-11)17-15(19)13-4-2-3-5-14(13)18(20)21/h2-10H,1H3,(H,17,19)/t10-/m0/s1. The molecule has 0 saturated carbocycles. The van der Waals surface area contributed by atoms with E-state index in [1.54, 1.807) is 6.07 Å². The second-order valence-electron chi connectivity index (χ2n) is 4.52. The molecule has 21 heavy (non-hydrogen) atoms. The predicted octanol–water partition coefficient (Wildman–Crippen LogP) is 3.69. The molecule has 2 rings (SSSR count). The van der Waals surface area contributed by atoms with Crippen molar-refractivity contribution < 1.29 is 9.72 Å². The molecule has 0 spiro atoms. The fraction of sp³-hybridized carbons (Fsp3) is 0.133. The Labute approximate surface area is 135 Å². The lowest BCUT2D eigenvalue weighted by Crippen LogP contribution is -2.27. The van der Waals surface area contributed by atoms with Crippen LogP contribution in [0.1, 0.15) is 28.9 Å². The molecule has 1 amide bonds. The normalized spacial score (nSPS) is 11.7. The molecule has 6 heteroatoms. The average Bonchev–Trinajstić information content (AvgIpc) is 2.47. The highest BCUT2D eigenvalue weighted by atomic mass is 127. The smallest absolute Gasteiger partial charge is 0.282 e. The van der Waals surface area contributed by atoms with Gasteiger partial charge in [0.1, 0.15) is 5.56 Å². The highest BCUT2D eigenvalue weighted by molar-refractivity contribution is 14.1. The third kappa shape index (κ3) is 3.78. The third-order valence-electron chi connectivity index (χ3n) is 3.06. The Morgan fingerprint density at radius 1 is 1.19 bits per heavy atom. The van der Waals surface area contributed by atoms with Crippen molar-refractivity contribution >= 4 is 34.2 Å². The lowest BCUT2D eigenvalue weighted by molar-refractivity contribution is -0.385. The van der Waals surface area contributed by atoms with Crippen molar-refractivity contribution in [2.45, 2.75) is 13.0 Å². The number of carbonyl (C=O) groups is 1. The topological polar surface area (TPSA) is 72.2 Å². The minimum atomic E-state index is -0.551. The monoisotopic (exact) mass is 396 g/mol. The quantitative estimate of drug-likeness (QED) is 0.487. The summed E-state index contributed by atoms with van der Waals surface area (Å²) in [6.45, 7) is 1.84. The number of para-hydroxylation sites is 1. The van der Waals surface area contributed by atoms with E-state index < -0.39 is 10.8 Å². The van der Waals surface area contributed by atoms with Gasteiger partial charge in [-0.3, -0.25) is 14.9 Å². The molecule has 0 radical (unpaired) electrons. The highest BCUT2D eigenvalue weighted by Gasteiger charge is 2.20. The molecule has 5 nitrogen and oxygen atoms in total. The number of nitro groups is 1. The van der Waals surface area contributed by atoms with Gasteiger partial charge < -0.3 is 5.32 Å². The first-order valence-corrected chi connectivity index (χ1v) is 7.36. The summed E-state index contributed by atoms with van der Waals surface area (Å²) in [6, 6.07) is 13.4. The maximum atomic E-state index is 12.2. The van der Waals surface area contributed by atoms with Gasteiger partial charge in [0.2, 0.25) is 0 Å². The summed E-state index contributed by atoms with van der Waals surface area (Å²) >= 11 is 2.20. The van der Waals surface area contributed by atoms with Crippen molar-refractivity contribution in [3.8, 4) is 0 Å². The lowest BCUT2D eigenvalue weighted by Gasteiger charge is -2.14. The first-order valence-electron chi connectivity index (χ1n) is 6.29. The van der Waals surface area contributed by atoms with Gasteiger partial charge >= 0.3 is 0 Å². The zero-order valence-corrected chi connectivity index (χ0v) is 13.4. The molecule has 1 atom stereocenters. The van der Waals surface area contributed by atoms with Crippen LogP contribution >= 0.6 is 22.6 Å². The fourth-order valence-electron chi connectivity index (χ4n) is 1.93. The molecule has 0 unspecified atom stereocenters. The molecule has 0 saturated heterocycles. The fourth-order valence-corrected chi connectivity index (χ4v) is 2.29. The molecule has 0 heterocycles. The van der Waals surface area contributed by atoms with Gasteiger partial charge in [-0.15, -0.1) is 0 Å². The number of benzene rings is 2. The molecule has 0 fully saturated rings. The molecular formula is C15H13IN2O3. The number of hydrogen-bond donors (Lipinski definition) is 1. The first-order chi connectivity index (χ1) is 9.99. The number of rotatable bonds is 4. The van der Waals surface area contributed by atoms with E-state index in [4.69, 9.17) is 0 Å². The van der Waals surface area contributed by atoms with Crippen molar-refractivity contribution in [1.82, 2.24) is 5.32 Å². The number of carbonyl (C=O) groups excluding carboxylic acids is 1. The van der Waals surface area contributed by atoms with E-state index in [-0.39, 0.29) is 17.3 Å². The van der Waals surface area contributed by atoms with Crippen LogP contribution < -0.4 is 5.32 Å². The SMILES string of the molecule is C[C@H](NC(=O)c1ccccc1[N+](=O)[O-])c1ccc(I)cc1. The van der Waals surface area contributed by atoms with E-state index in [1.165, 1.54) is 18.2 Å². The molecule has 1 N–H and O–H groups in total. The van der Waals surface area contributed by atoms with Gasteiger partial charge in [0.05, 0.1) is 11.0 Å². The van der Waals surface area contributed by atoms with Gasteiger partial charge in [0.15, 0.2) is 0 Å². The van der Waals surface area contributed by atoms with E-state index in [0.717, 1.165) is 9.13 Å². The molecule has 0 aliphatic carbocycles. The van der Waals surface area contributed by atoms with Crippen molar-refractivity contribution in [3.05, 3.63) is 73.3 Å². The third-order valence-corrected chi connectivity index (χ3v) is 3.78. The van der Waals surface area contributed by atoms with Gasteiger partial charge in [0.25, 0.3) is 11.6 Å². The number of amides is 1. The average molecular weight is 396 g/mol. The highest BCUT2D eigenvalue weighted by Crippen LogP contribution is 2.20. The maximum absolute atomic E-state index is 12.2. The van der Waals surface area contributed by atoms with E-state index in [1.807, 2.05) is 31.2 Å². The van der Waals surface area contributed by atoms with Gasteiger partial charge in [0, 0.05) is 9.64 Å². The second-order valence-corrected chi connectivity index (χ2v) is 5.77. The first kappa shape index (κ1) is 15.4. The van der Waals surface area contributed by atoms with E-state index >= 15 is 0 Å². The van der Waals surface area contributed by atoms with E-state index in [2.05, 4.69) is 27.9 Å². The Hall–Kier alpha value is -1.96. The predicted molar refractivity (Wildman–Crippen MR) is 88.1 cm³/mol. The van der Waals surface area contributed by atoms with Gasteiger partial charge in [-0.2, -0.15) is 0 Å². The largest absolute Gasteiger partial charge is 0.345 e. The maximum Gasteiger partial charge on any atom is 0.282 e. The van der Waals surface area contributed by atoms with Gasteiger partial charge in [-0.1, -0.05) is 24.3 Å². The summed E-state index contributed by atoms with van der Waals surface area (Å²) in [6.07, 6.45) is 0. The minimum absolute atomic E-state index is 0.0693. The summed E-state index contributed by atoms with van der Waals surface area (Å²) in [7, 11) is 0. The van der Waals surface area contributed by atoms with Crippen LogP contribution in [-0.2, 0) is 0 Å². The van der Waals surface area contributed by atoms with Crippen LogP contribution in [0.2, 0.25) is 0 Å². The molecule has 0 aromatic heterocycles. The molecular weight excluding hydrogens is 383 g/mol. The van der Waals surface area contributed by atoms with Gasteiger partial charge in [-0.25, -0.2) is 0 Å². The van der Waals surface area contributed by atoms with Crippen molar-refractivity contribution in [2.75, 3.05) is 0 Å². The van der Waals surface area contributed by atoms with Crippen LogP contribution in [0.25, 0.3) is 0 Å². The number of hydrogen-bond acceptors (Lipinski definition) is 3. The minimum Gasteiger partial charge on any atom is -0.345 e. The lowest BCUT2D eigenvalue weighted by atomic mass is 10.1. The summed E-state index contributed by atoms with van der Waals surface area (Å²) < 4.78 is 1.11.